The molecule has 0 amide bonds. The number of nitrogens with two attached hydrogens (primary N) is 1. The Kier molecular flexibility index (Phi) is 3.71. The van der Waals surface area contributed by atoms with Crippen LogP contribution in [-0.4, -0.2) is 12.1 Å². The number of rotatable bonds is 3. The Morgan fingerprint density at radius 2 is 2.12 bits per heavy atom. The fraction of sp³-hybridized carbons (Fsp3) is 0.467. The van der Waals surface area contributed by atoms with E-state index in [9.17, 15) is 0 Å². The first-order valence-corrected chi connectivity index (χ1v) is 6.19. The third kappa shape index (κ3) is 3.80. The van der Waals surface area contributed by atoms with E-state index >= 15 is 0 Å². The molecule has 1 aromatic carbocycles. The molecule has 1 fully saturated rings. The molecule has 1 aromatic rings. The van der Waals surface area contributed by atoms with E-state index < -0.39 is 0 Å². The van der Waals surface area contributed by atoms with E-state index in [0.717, 1.165) is 11.3 Å². The fourth-order valence-electron chi connectivity index (χ4n) is 1.36. The third-order valence-electron chi connectivity index (χ3n) is 2.76. The van der Waals surface area contributed by atoms with Crippen molar-refractivity contribution in [3.8, 4) is 17.6 Å². The smallest absolute Gasteiger partial charge is 0.120 e. The molecule has 1 unspecified atom stereocenters. The molecule has 0 heterocycles. The summed E-state index contributed by atoms with van der Waals surface area (Å²) in [6.45, 7) is 4.15. The minimum absolute atomic E-state index is 0.0667. The van der Waals surface area contributed by atoms with E-state index in [4.69, 9.17) is 10.5 Å². The van der Waals surface area contributed by atoms with Crippen molar-refractivity contribution < 1.29 is 4.74 Å². The second-order valence-corrected chi connectivity index (χ2v) is 4.88. The molecule has 1 atom stereocenters. The highest BCUT2D eigenvalue weighted by Crippen LogP contribution is 2.26. The van der Waals surface area contributed by atoms with Crippen molar-refractivity contribution in [1.29, 1.82) is 0 Å². The van der Waals surface area contributed by atoms with Gasteiger partial charge in [-0.2, -0.15) is 0 Å². The summed E-state index contributed by atoms with van der Waals surface area (Å²) in [5.74, 6) is 7.47. The van der Waals surface area contributed by atoms with Crippen LogP contribution in [0.4, 0.5) is 0 Å². The second kappa shape index (κ2) is 5.25. The van der Waals surface area contributed by atoms with Crippen LogP contribution in [0.15, 0.2) is 24.3 Å². The molecular weight excluding hydrogens is 210 g/mol. The third-order valence-corrected chi connectivity index (χ3v) is 2.76. The summed E-state index contributed by atoms with van der Waals surface area (Å²) in [6.07, 6.45) is 2.78. The summed E-state index contributed by atoms with van der Waals surface area (Å²) in [4.78, 5) is 0. The molecule has 0 spiro atoms. The lowest BCUT2D eigenvalue weighted by molar-refractivity contribution is 0.303. The molecule has 0 saturated heterocycles. The largest absolute Gasteiger partial charge is 0.490 e. The average molecular weight is 229 g/mol. The lowest BCUT2D eigenvalue weighted by Gasteiger charge is -2.07. The van der Waals surface area contributed by atoms with Crippen LogP contribution in [0, 0.1) is 17.8 Å². The minimum atomic E-state index is -0.0667. The Bertz CT molecular complexity index is 438. The SMILES string of the molecule is CC(C)C(N)C#Cc1cccc(OC2CC2)c1. The topological polar surface area (TPSA) is 35.2 Å². The van der Waals surface area contributed by atoms with Crippen LogP contribution < -0.4 is 10.5 Å². The first kappa shape index (κ1) is 12.0. The molecule has 1 aliphatic carbocycles. The van der Waals surface area contributed by atoms with Gasteiger partial charge < -0.3 is 10.5 Å². The normalized spacial score (nSPS) is 16.2. The Morgan fingerprint density at radius 1 is 1.35 bits per heavy atom. The zero-order valence-electron chi connectivity index (χ0n) is 10.4. The molecule has 2 heteroatoms. The quantitative estimate of drug-likeness (QED) is 0.808. The van der Waals surface area contributed by atoms with Gasteiger partial charge in [0.15, 0.2) is 0 Å². The number of hydrogen-bond acceptors (Lipinski definition) is 2. The second-order valence-electron chi connectivity index (χ2n) is 4.88. The predicted molar refractivity (Wildman–Crippen MR) is 69.8 cm³/mol. The maximum Gasteiger partial charge on any atom is 0.120 e. The van der Waals surface area contributed by atoms with Gasteiger partial charge in [-0.05, 0) is 37.0 Å². The maximum atomic E-state index is 5.89. The molecule has 90 valence electrons. The molecular formula is C15H19NO. The maximum absolute atomic E-state index is 5.89. The van der Waals surface area contributed by atoms with Crippen LogP contribution >= 0.6 is 0 Å². The number of benzene rings is 1. The van der Waals surface area contributed by atoms with Crippen molar-refractivity contribution in [3.63, 3.8) is 0 Å². The van der Waals surface area contributed by atoms with Gasteiger partial charge >= 0.3 is 0 Å². The lowest BCUT2D eigenvalue weighted by atomic mass is 10.1. The predicted octanol–water partition coefficient (Wildman–Crippen LogP) is 2.56. The summed E-state index contributed by atoms with van der Waals surface area (Å²) >= 11 is 0. The van der Waals surface area contributed by atoms with Crippen molar-refractivity contribution in [2.75, 3.05) is 0 Å². The first-order chi connectivity index (χ1) is 8.15. The highest BCUT2D eigenvalue weighted by molar-refractivity contribution is 5.40. The van der Waals surface area contributed by atoms with Gasteiger partial charge in [-0.15, -0.1) is 0 Å². The van der Waals surface area contributed by atoms with Crippen LogP contribution in [-0.2, 0) is 0 Å². The summed E-state index contributed by atoms with van der Waals surface area (Å²) in [5, 5.41) is 0. The summed E-state index contributed by atoms with van der Waals surface area (Å²) in [6, 6.07) is 7.86. The standard InChI is InChI=1S/C15H19NO/c1-11(2)15(16)9-6-12-4-3-5-14(10-12)17-13-7-8-13/h3-5,10-11,13,15H,7-8,16H2,1-2H3. The van der Waals surface area contributed by atoms with Gasteiger partial charge in [0.2, 0.25) is 0 Å². The van der Waals surface area contributed by atoms with Gasteiger partial charge in [-0.1, -0.05) is 31.8 Å². The van der Waals surface area contributed by atoms with Gasteiger partial charge in [0.05, 0.1) is 12.1 Å². The zero-order valence-corrected chi connectivity index (χ0v) is 10.4. The van der Waals surface area contributed by atoms with Gasteiger partial charge in [0, 0.05) is 5.56 Å². The van der Waals surface area contributed by atoms with Crippen LogP contribution in [0.3, 0.4) is 0 Å². The van der Waals surface area contributed by atoms with E-state index in [0.29, 0.717) is 12.0 Å². The average Bonchev–Trinajstić information content (AvgIpc) is 3.10. The van der Waals surface area contributed by atoms with Crippen molar-refractivity contribution in [3.05, 3.63) is 29.8 Å². The Hall–Kier alpha value is -1.46. The van der Waals surface area contributed by atoms with Gasteiger partial charge in [-0.3, -0.25) is 0 Å². The first-order valence-electron chi connectivity index (χ1n) is 6.19. The van der Waals surface area contributed by atoms with Crippen LogP contribution in [0.25, 0.3) is 0 Å². The van der Waals surface area contributed by atoms with E-state index in [1.54, 1.807) is 0 Å². The van der Waals surface area contributed by atoms with Crippen LogP contribution in [0.2, 0.25) is 0 Å². The molecule has 0 aliphatic heterocycles. The number of ether oxygens (including phenoxy) is 1. The monoisotopic (exact) mass is 229 g/mol. The molecule has 2 nitrogen and oxygen atoms in total. The molecule has 0 radical (unpaired) electrons. The van der Waals surface area contributed by atoms with Crippen molar-refractivity contribution >= 4 is 0 Å². The van der Waals surface area contributed by atoms with E-state index in [2.05, 4.69) is 25.7 Å². The summed E-state index contributed by atoms with van der Waals surface area (Å²) in [5.41, 5.74) is 6.86. The summed E-state index contributed by atoms with van der Waals surface area (Å²) < 4.78 is 5.72. The van der Waals surface area contributed by atoms with Crippen LogP contribution in [0.5, 0.6) is 5.75 Å². The molecule has 0 bridgehead atoms. The lowest BCUT2D eigenvalue weighted by Crippen LogP contribution is -2.23. The Balaban J connectivity index is 2.04. The highest BCUT2D eigenvalue weighted by atomic mass is 16.5. The van der Waals surface area contributed by atoms with E-state index in [1.165, 1.54) is 12.8 Å². The van der Waals surface area contributed by atoms with Crippen LogP contribution in [0.1, 0.15) is 32.3 Å². The molecule has 2 N–H and O–H groups in total. The zero-order chi connectivity index (χ0) is 12.3. The van der Waals surface area contributed by atoms with Crippen molar-refractivity contribution in [1.82, 2.24) is 0 Å². The molecule has 0 aromatic heterocycles. The van der Waals surface area contributed by atoms with Crippen molar-refractivity contribution in [2.45, 2.75) is 38.8 Å². The van der Waals surface area contributed by atoms with E-state index in [-0.39, 0.29) is 6.04 Å². The van der Waals surface area contributed by atoms with Crippen molar-refractivity contribution in [2.24, 2.45) is 11.7 Å². The molecule has 1 aliphatic rings. The van der Waals surface area contributed by atoms with Gasteiger partial charge in [-0.25, -0.2) is 0 Å². The Morgan fingerprint density at radius 3 is 2.76 bits per heavy atom. The van der Waals surface area contributed by atoms with E-state index in [1.807, 2.05) is 24.3 Å². The fourth-order valence-corrected chi connectivity index (χ4v) is 1.36. The molecule has 1 saturated carbocycles. The molecule has 2 rings (SSSR count). The Labute approximate surface area is 103 Å². The van der Waals surface area contributed by atoms with Gasteiger partial charge in [0.25, 0.3) is 0 Å². The molecule has 17 heavy (non-hydrogen) atoms. The minimum Gasteiger partial charge on any atom is -0.490 e. The van der Waals surface area contributed by atoms with Gasteiger partial charge in [0.1, 0.15) is 5.75 Å². The number of hydrogen-bond donors (Lipinski definition) is 1. The highest BCUT2D eigenvalue weighted by Gasteiger charge is 2.23. The summed E-state index contributed by atoms with van der Waals surface area (Å²) in [7, 11) is 0.